The van der Waals surface area contributed by atoms with Crippen molar-refractivity contribution in [2.24, 2.45) is 5.92 Å². The monoisotopic (exact) mass is 346 g/mol. The summed E-state index contributed by atoms with van der Waals surface area (Å²) >= 11 is 0. The summed E-state index contributed by atoms with van der Waals surface area (Å²) < 4.78 is 5.32. The average molecular weight is 346 g/mol. The molecule has 3 rings (SSSR count). The molecule has 2 amide bonds. The van der Waals surface area contributed by atoms with Crippen LogP contribution in [0.15, 0.2) is 30.3 Å². The van der Waals surface area contributed by atoms with Crippen molar-refractivity contribution >= 4 is 18.0 Å². The van der Waals surface area contributed by atoms with Gasteiger partial charge in [0.15, 0.2) is 0 Å². The van der Waals surface area contributed by atoms with Gasteiger partial charge < -0.3 is 14.5 Å². The Bertz CT molecular complexity index is 634. The number of carbonyl (C=O) groups excluding carboxylic acids is 3. The van der Waals surface area contributed by atoms with E-state index in [9.17, 15) is 14.4 Å². The molecule has 1 aromatic rings. The molecule has 1 aromatic carbocycles. The lowest BCUT2D eigenvalue weighted by molar-refractivity contribution is -0.197. The number of hydrogen-bond donors (Lipinski definition) is 0. The Balaban J connectivity index is 1.49. The molecule has 0 unspecified atom stereocenters. The Morgan fingerprint density at radius 3 is 2.64 bits per heavy atom. The summed E-state index contributed by atoms with van der Waals surface area (Å²) in [6.45, 7) is 1.46. The van der Waals surface area contributed by atoms with E-state index in [1.165, 1.54) is 4.90 Å². The van der Waals surface area contributed by atoms with Gasteiger partial charge in [-0.3, -0.25) is 4.79 Å². The zero-order chi connectivity index (χ0) is 17.6. The number of piperidine rings is 1. The molecule has 7 nitrogen and oxygen atoms in total. The number of rotatable bonds is 4. The molecule has 1 atom stereocenters. The van der Waals surface area contributed by atoms with E-state index in [2.05, 4.69) is 0 Å². The third-order valence-electron chi connectivity index (χ3n) is 4.45. The largest absolute Gasteiger partial charge is 0.445 e. The van der Waals surface area contributed by atoms with Gasteiger partial charge in [-0.2, -0.15) is 5.06 Å². The van der Waals surface area contributed by atoms with Gasteiger partial charge in [0.1, 0.15) is 6.61 Å². The van der Waals surface area contributed by atoms with Crippen LogP contribution >= 0.6 is 0 Å². The van der Waals surface area contributed by atoms with Gasteiger partial charge in [-0.1, -0.05) is 30.3 Å². The van der Waals surface area contributed by atoms with Gasteiger partial charge in [0.05, 0.1) is 12.5 Å². The van der Waals surface area contributed by atoms with Crippen LogP contribution in [-0.4, -0.2) is 47.6 Å². The number of likely N-dealkylation sites (tertiary alicyclic amines) is 1. The second-order valence-electron chi connectivity index (χ2n) is 6.34. The highest BCUT2D eigenvalue weighted by Gasteiger charge is 2.33. The lowest BCUT2D eigenvalue weighted by Crippen LogP contribution is -2.44. The van der Waals surface area contributed by atoms with Gasteiger partial charge in [-0.05, 0) is 24.8 Å². The molecular weight excluding hydrogens is 324 g/mol. The van der Waals surface area contributed by atoms with Crippen molar-refractivity contribution in [2.45, 2.75) is 32.3 Å². The first-order valence-corrected chi connectivity index (χ1v) is 8.61. The molecular formula is C18H22N2O5. The summed E-state index contributed by atoms with van der Waals surface area (Å²) in [5.41, 5.74) is 0.913. The predicted octanol–water partition coefficient (Wildman–Crippen LogP) is 2.12. The van der Waals surface area contributed by atoms with Crippen molar-refractivity contribution in [3.05, 3.63) is 35.9 Å². The standard InChI is InChI=1S/C18H22N2O5/c21-16-9-5-11-20(16)25-17(22)15-8-4-10-19(12-15)18(23)24-13-14-6-2-1-3-7-14/h1-3,6-7,15H,4-5,8-13H2/t15-/m1/s1. The van der Waals surface area contributed by atoms with Crippen LogP contribution in [0.1, 0.15) is 31.2 Å². The maximum atomic E-state index is 12.3. The second-order valence-corrected chi connectivity index (χ2v) is 6.34. The number of benzene rings is 1. The van der Waals surface area contributed by atoms with Crippen LogP contribution in [0, 0.1) is 5.92 Å². The van der Waals surface area contributed by atoms with E-state index < -0.39 is 18.0 Å². The van der Waals surface area contributed by atoms with Crippen molar-refractivity contribution in [3.8, 4) is 0 Å². The number of hydroxylamine groups is 2. The molecule has 25 heavy (non-hydrogen) atoms. The minimum absolute atomic E-state index is 0.164. The zero-order valence-corrected chi connectivity index (χ0v) is 14.1. The van der Waals surface area contributed by atoms with Gasteiger partial charge >= 0.3 is 12.1 Å². The van der Waals surface area contributed by atoms with Crippen LogP contribution in [-0.2, 0) is 25.8 Å². The highest BCUT2D eigenvalue weighted by atomic mass is 16.7. The smallest absolute Gasteiger partial charge is 0.410 e. The van der Waals surface area contributed by atoms with Gasteiger partial charge in [0, 0.05) is 19.5 Å². The van der Waals surface area contributed by atoms with Crippen LogP contribution < -0.4 is 0 Å². The van der Waals surface area contributed by atoms with Crippen LogP contribution in [0.3, 0.4) is 0 Å². The molecule has 2 saturated heterocycles. The molecule has 7 heteroatoms. The molecule has 134 valence electrons. The Kier molecular flexibility index (Phi) is 5.53. The fraction of sp³-hybridized carbons (Fsp3) is 0.500. The van der Waals surface area contributed by atoms with E-state index in [0.29, 0.717) is 38.8 Å². The quantitative estimate of drug-likeness (QED) is 0.835. The lowest BCUT2D eigenvalue weighted by atomic mass is 9.99. The van der Waals surface area contributed by atoms with Crippen molar-refractivity contribution < 1.29 is 24.0 Å². The van der Waals surface area contributed by atoms with Gasteiger partial charge in [-0.25, -0.2) is 9.59 Å². The van der Waals surface area contributed by atoms with E-state index in [1.54, 1.807) is 0 Å². The minimum Gasteiger partial charge on any atom is -0.445 e. The number of hydrogen-bond acceptors (Lipinski definition) is 5. The van der Waals surface area contributed by atoms with E-state index in [4.69, 9.17) is 9.57 Å². The Labute approximate surface area is 146 Å². The van der Waals surface area contributed by atoms with Crippen molar-refractivity contribution in [2.75, 3.05) is 19.6 Å². The fourth-order valence-electron chi connectivity index (χ4n) is 3.05. The molecule has 0 N–H and O–H groups in total. The molecule has 0 bridgehead atoms. The van der Waals surface area contributed by atoms with E-state index in [1.807, 2.05) is 30.3 Å². The molecule has 0 radical (unpaired) electrons. The molecule has 0 saturated carbocycles. The van der Waals surface area contributed by atoms with Crippen LogP contribution in [0.5, 0.6) is 0 Å². The molecule has 2 fully saturated rings. The fourth-order valence-corrected chi connectivity index (χ4v) is 3.05. The molecule has 2 heterocycles. The first-order chi connectivity index (χ1) is 12.1. The molecule has 0 aliphatic carbocycles. The SMILES string of the molecule is O=C(ON1CCCC1=O)[C@@H]1CCCN(C(=O)OCc2ccccc2)C1. The number of amides is 2. The third-order valence-corrected chi connectivity index (χ3v) is 4.45. The number of nitrogens with zero attached hydrogens (tertiary/aromatic N) is 2. The first kappa shape index (κ1) is 17.3. The maximum absolute atomic E-state index is 12.3. The Morgan fingerprint density at radius 2 is 1.92 bits per heavy atom. The average Bonchev–Trinajstić information content (AvgIpc) is 3.05. The topological polar surface area (TPSA) is 76.2 Å². The normalized spacial score (nSPS) is 20.5. The summed E-state index contributed by atoms with van der Waals surface area (Å²) in [6, 6.07) is 9.44. The summed E-state index contributed by atoms with van der Waals surface area (Å²) in [4.78, 5) is 42.7. The summed E-state index contributed by atoms with van der Waals surface area (Å²) in [5.74, 6) is -1.04. The molecule has 0 aromatic heterocycles. The Morgan fingerprint density at radius 1 is 1.12 bits per heavy atom. The van der Waals surface area contributed by atoms with Gasteiger partial charge in [-0.15, -0.1) is 0 Å². The molecule has 2 aliphatic rings. The highest BCUT2D eigenvalue weighted by Crippen LogP contribution is 2.21. The summed E-state index contributed by atoms with van der Waals surface area (Å²) in [7, 11) is 0. The van der Waals surface area contributed by atoms with Crippen molar-refractivity contribution in [1.29, 1.82) is 0 Å². The van der Waals surface area contributed by atoms with E-state index >= 15 is 0 Å². The predicted molar refractivity (Wildman–Crippen MR) is 88.0 cm³/mol. The lowest BCUT2D eigenvalue weighted by Gasteiger charge is -2.31. The highest BCUT2D eigenvalue weighted by molar-refractivity contribution is 5.80. The zero-order valence-electron chi connectivity index (χ0n) is 14.1. The van der Waals surface area contributed by atoms with Crippen molar-refractivity contribution in [3.63, 3.8) is 0 Å². The first-order valence-electron chi connectivity index (χ1n) is 8.61. The van der Waals surface area contributed by atoms with E-state index in [0.717, 1.165) is 10.6 Å². The van der Waals surface area contributed by atoms with Crippen LogP contribution in [0.2, 0.25) is 0 Å². The van der Waals surface area contributed by atoms with E-state index in [-0.39, 0.29) is 19.1 Å². The summed E-state index contributed by atoms with van der Waals surface area (Å²) in [6.07, 6.45) is 2.03. The van der Waals surface area contributed by atoms with Crippen molar-refractivity contribution in [1.82, 2.24) is 9.96 Å². The van der Waals surface area contributed by atoms with Crippen LogP contribution in [0.4, 0.5) is 4.79 Å². The Hall–Kier alpha value is -2.57. The minimum atomic E-state index is -0.448. The van der Waals surface area contributed by atoms with Gasteiger partial charge in [0.25, 0.3) is 5.91 Å². The number of carbonyl (C=O) groups is 3. The number of ether oxygens (including phenoxy) is 1. The second kappa shape index (κ2) is 8.00. The third kappa shape index (κ3) is 4.49. The molecule has 0 spiro atoms. The maximum Gasteiger partial charge on any atom is 0.410 e. The van der Waals surface area contributed by atoms with Gasteiger partial charge in [0.2, 0.25) is 0 Å². The van der Waals surface area contributed by atoms with Crippen LogP contribution in [0.25, 0.3) is 0 Å². The molecule has 2 aliphatic heterocycles. The summed E-state index contributed by atoms with van der Waals surface area (Å²) in [5, 5.41) is 1.13.